The highest BCUT2D eigenvalue weighted by molar-refractivity contribution is 6.36. The summed E-state index contributed by atoms with van der Waals surface area (Å²) in [6, 6.07) is 8.71. The molecular weight excluding hydrogens is 410 g/mol. The molecule has 0 radical (unpaired) electrons. The summed E-state index contributed by atoms with van der Waals surface area (Å²) in [7, 11) is 0. The number of anilines is 1. The van der Waals surface area contributed by atoms with Gasteiger partial charge in [-0.2, -0.15) is 13.2 Å². The van der Waals surface area contributed by atoms with Crippen molar-refractivity contribution in [1.29, 1.82) is 0 Å². The summed E-state index contributed by atoms with van der Waals surface area (Å²) in [5, 5.41) is 4.39. The van der Waals surface area contributed by atoms with Crippen LogP contribution < -0.4 is 5.32 Å². The Bertz CT molecular complexity index is 1070. The Kier molecular flexibility index (Phi) is 5.97. The summed E-state index contributed by atoms with van der Waals surface area (Å²) < 4.78 is 39.4. The molecule has 1 heterocycles. The van der Waals surface area contributed by atoms with Crippen LogP contribution in [-0.2, 0) is 6.18 Å². The van der Waals surface area contributed by atoms with Crippen molar-refractivity contribution in [1.82, 2.24) is 9.97 Å². The molecule has 1 unspecified atom stereocenters. The van der Waals surface area contributed by atoms with E-state index in [-0.39, 0.29) is 16.6 Å². The minimum atomic E-state index is -4.52. The largest absolute Gasteiger partial charge is 0.417 e. The molecule has 0 aliphatic heterocycles. The summed E-state index contributed by atoms with van der Waals surface area (Å²) >= 11 is 11.9. The highest BCUT2D eigenvalue weighted by Gasteiger charge is 2.33. The van der Waals surface area contributed by atoms with E-state index in [0.29, 0.717) is 28.2 Å². The average Bonchev–Trinajstić information content (AvgIpc) is 2.62. The number of fused-ring (bicyclic) bond motifs is 1. The number of benzene rings is 2. The fourth-order valence-electron chi connectivity index (χ4n) is 2.62. The fraction of sp³-hybridized carbons (Fsp3) is 0.200. The van der Waals surface area contributed by atoms with Crippen molar-refractivity contribution < 1.29 is 13.2 Å². The Labute approximate surface area is 169 Å². The first-order chi connectivity index (χ1) is 13.3. The molecule has 1 atom stereocenters. The first-order valence-electron chi connectivity index (χ1n) is 8.27. The smallest absolute Gasteiger partial charge is 0.366 e. The first-order valence-corrected chi connectivity index (χ1v) is 9.02. The van der Waals surface area contributed by atoms with Gasteiger partial charge < -0.3 is 5.32 Å². The van der Waals surface area contributed by atoms with Crippen molar-refractivity contribution in [2.24, 2.45) is 0 Å². The van der Waals surface area contributed by atoms with Crippen LogP contribution in [0.2, 0.25) is 10.0 Å². The molecule has 8 heteroatoms. The minimum absolute atomic E-state index is 0.0143. The normalized spacial score (nSPS) is 12.4. The van der Waals surface area contributed by atoms with E-state index in [2.05, 4.69) is 27.1 Å². The number of rotatable bonds is 3. The van der Waals surface area contributed by atoms with Gasteiger partial charge in [-0.25, -0.2) is 9.97 Å². The van der Waals surface area contributed by atoms with E-state index in [1.165, 1.54) is 18.5 Å². The molecule has 3 rings (SSSR count). The molecule has 0 spiro atoms. The zero-order chi connectivity index (χ0) is 20.3. The number of hydrogen-bond donors (Lipinski definition) is 1. The second-order valence-corrected chi connectivity index (χ2v) is 6.94. The predicted octanol–water partition coefficient (Wildman–Crippen LogP) is 6.20. The lowest BCUT2D eigenvalue weighted by Gasteiger charge is -2.14. The van der Waals surface area contributed by atoms with Gasteiger partial charge in [-0.15, -0.1) is 0 Å². The molecule has 1 N–H and O–H groups in total. The Balaban J connectivity index is 1.78. The van der Waals surface area contributed by atoms with Crippen molar-refractivity contribution >= 4 is 39.9 Å². The van der Waals surface area contributed by atoms with E-state index in [0.717, 1.165) is 6.07 Å². The SMILES string of the molecule is CC(CC#Cc1ccc(Cl)cc1C(F)(F)F)Nc1ncnc2cccc(Cl)c12. The summed E-state index contributed by atoms with van der Waals surface area (Å²) in [6.45, 7) is 1.85. The Morgan fingerprint density at radius 3 is 2.68 bits per heavy atom. The van der Waals surface area contributed by atoms with Gasteiger partial charge in [-0.1, -0.05) is 41.1 Å². The first kappa shape index (κ1) is 20.2. The van der Waals surface area contributed by atoms with Crippen LogP contribution in [0.5, 0.6) is 0 Å². The van der Waals surface area contributed by atoms with Crippen LogP contribution in [0.15, 0.2) is 42.7 Å². The van der Waals surface area contributed by atoms with E-state index in [1.54, 1.807) is 12.1 Å². The molecule has 3 nitrogen and oxygen atoms in total. The quantitative estimate of drug-likeness (QED) is 0.509. The second-order valence-electron chi connectivity index (χ2n) is 6.10. The maximum Gasteiger partial charge on any atom is 0.417 e. The van der Waals surface area contributed by atoms with Gasteiger partial charge in [0.2, 0.25) is 0 Å². The summed E-state index contributed by atoms with van der Waals surface area (Å²) in [4.78, 5) is 8.38. The van der Waals surface area contributed by atoms with Crippen molar-refractivity contribution in [2.75, 3.05) is 5.32 Å². The van der Waals surface area contributed by atoms with Crippen molar-refractivity contribution in [2.45, 2.75) is 25.6 Å². The van der Waals surface area contributed by atoms with E-state index in [9.17, 15) is 13.2 Å². The van der Waals surface area contributed by atoms with Crippen LogP contribution in [0.1, 0.15) is 24.5 Å². The average molecular weight is 424 g/mol. The summed E-state index contributed by atoms with van der Waals surface area (Å²) in [5.41, 5.74) is -0.263. The lowest BCUT2D eigenvalue weighted by Crippen LogP contribution is -2.15. The van der Waals surface area contributed by atoms with Crippen LogP contribution in [0, 0.1) is 11.8 Å². The third-order valence-corrected chi connectivity index (χ3v) is 4.46. The number of alkyl halides is 3. The molecule has 28 heavy (non-hydrogen) atoms. The van der Waals surface area contributed by atoms with E-state index in [1.807, 2.05) is 13.0 Å². The van der Waals surface area contributed by atoms with Crippen LogP contribution in [0.25, 0.3) is 10.9 Å². The molecule has 0 aliphatic rings. The Morgan fingerprint density at radius 2 is 1.93 bits per heavy atom. The molecule has 144 valence electrons. The highest BCUT2D eigenvalue weighted by Crippen LogP contribution is 2.33. The van der Waals surface area contributed by atoms with Crippen molar-refractivity contribution in [3.8, 4) is 11.8 Å². The highest BCUT2D eigenvalue weighted by atomic mass is 35.5. The third kappa shape index (κ3) is 4.67. The molecule has 3 aromatic rings. The molecule has 0 bridgehead atoms. The standard InChI is InChI=1S/C20H14Cl2F3N3/c1-12(28-19-18-16(22)6-3-7-17(18)26-11-27-19)4-2-5-13-8-9-14(21)10-15(13)20(23,24)25/h3,6-12H,4H2,1H3,(H,26,27,28). The predicted molar refractivity (Wildman–Crippen MR) is 106 cm³/mol. The molecule has 0 amide bonds. The number of aromatic nitrogens is 2. The number of nitrogens with one attached hydrogen (secondary N) is 1. The van der Waals surface area contributed by atoms with E-state index < -0.39 is 11.7 Å². The van der Waals surface area contributed by atoms with Gasteiger partial charge >= 0.3 is 6.18 Å². The van der Waals surface area contributed by atoms with Crippen LogP contribution in [-0.4, -0.2) is 16.0 Å². The fourth-order valence-corrected chi connectivity index (χ4v) is 3.05. The molecule has 2 aromatic carbocycles. The maximum absolute atomic E-state index is 13.1. The maximum atomic E-state index is 13.1. The lowest BCUT2D eigenvalue weighted by molar-refractivity contribution is -0.137. The molecule has 1 aromatic heterocycles. The van der Waals surface area contributed by atoms with Crippen LogP contribution in [0.4, 0.5) is 19.0 Å². The zero-order valence-electron chi connectivity index (χ0n) is 14.6. The Morgan fingerprint density at radius 1 is 1.14 bits per heavy atom. The van der Waals surface area contributed by atoms with Gasteiger partial charge in [0.25, 0.3) is 0 Å². The third-order valence-electron chi connectivity index (χ3n) is 3.91. The Hall–Kier alpha value is -2.49. The number of halogens is 5. The summed E-state index contributed by atoms with van der Waals surface area (Å²) in [5.74, 6) is 5.92. The van der Waals surface area contributed by atoms with E-state index in [4.69, 9.17) is 23.2 Å². The lowest BCUT2D eigenvalue weighted by atomic mass is 10.1. The van der Waals surface area contributed by atoms with Gasteiger partial charge in [0, 0.05) is 23.0 Å². The van der Waals surface area contributed by atoms with Gasteiger partial charge in [0.15, 0.2) is 0 Å². The van der Waals surface area contributed by atoms with Gasteiger partial charge in [0.05, 0.1) is 21.5 Å². The molecule has 0 saturated heterocycles. The van der Waals surface area contributed by atoms with Crippen LogP contribution >= 0.6 is 23.2 Å². The number of hydrogen-bond acceptors (Lipinski definition) is 3. The van der Waals surface area contributed by atoms with Crippen molar-refractivity contribution in [3.05, 3.63) is 63.9 Å². The summed E-state index contributed by atoms with van der Waals surface area (Å²) in [6.07, 6.45) is -2.80. The van der Waals surface area contributed by atoms with Crippen LogP contribution in [0.3, 0.4) is 0 Å². The van der Waals surface area contributed by atoms with Gasteiger partial charge in [0.1, 0.15) is 12.1 Å². The monoisotopic (exact) mass is 423 g/mol. The minimum Gasteiger partial charge on any atom is -0.366 e. The van der Waals surface area contributed by atoms with E-state index >= 15 is 0 Å². The molecule has 0 aliphatic carbocycles. The molecule has 0 fully saturated rings. The topological polar surface area (TPSA) is 37.8 Å². The van der Waals surface area contributed by atoms with Crippen molar-refractivity contribution in [3.63, 3.8) is 0 Å². The molecule has 0 saturated carbocycles. The number of nitrogens with zero attached hydrogens (tertiary/aromatic N) is 2. The molecular formula is C20H14Cl2F3N3. The van der Waals surface area contributed by atoms with Gasteiger partial charge in [-0.3, -0.25) is 0 Å². The zero-order valence-corrected chi connectivity index (χ0v) is 16.1. The van der Waals surface area contributed by atoms with Gasteiger partial charge in [-0.05, 0) is 37.3 Å². The second kappa shape index (κ2) is 8.26.